The lowest BCUT2D eigenvalue weighted by Gasteiger charge is -2.29. The van der Waals surface area contributed by atoms with E-state index in [1.807, 2.05) is 42.1 Å². The van der Waals surface area contributed by atoms with Gasteiger partial charge >= 0.3 is 12.1 Å². The van der Waals surface area contributed by atoms with Gasteiger partial charge in [-0.25, -0.2) is 4.79 Å². The van der Waals surface area contributed by atoms with Gasteiger partial charge in [0.2, 0.25) is 0 Å². The Kier molecular flexibility index (Phi) is 6.58. The topological polar surface area (TPSA) is 75.6 Å². The number of alkyl carbamates (subject to hydrolysis) is 1. The highest BCUT2D eigenvalue weighted by atomic mass is 32.2. The van der Waals surface area contributed by atoms with Gasteiger partial charge in [0.25, 0.3) is 0 Å². The summed E-state index contributed by atoms with van der Waals surface area (Å²) in [6.45, 7) is 0.186. The number of nitrogens with one attached hydrogen (secondary N) is 1. The third kappa shape index (κ3) is 5.60. The van der Waals surface area contributed by atoms with Crippen LogP contribution in [0.15, 0.2) is 30.3 Å². The van der Waals surface area contributed by atoms with Crippen LogP contribution in [0.1, 0.15) is 24.8 Å². The fourth-order valence-electron chi connectivity index (χ4n) is 2.52. The van der Waals surface area contributed by atoms with Crippen molar-refractivity contribution in [3.63, 3.8) is 0 Å². The molecule has 1 fully saturated rings. The van der Waals surface area contributed by atoms with Gasteiger partial charge in [0.1, 0.15) is 6.61 Å². The number of aliphatic carboxylic acids is 1. The summed E-state index contributed by atoms with van der Waals surface area (Å²) < 4.78 is 5.18. The standard InChI is InChI=1S/C16H21NO4S/c18-15(19)9-14(13-7-4-8-22-11-13)17-16(20)21-10-12-5-2-1-3-6-12/h1-3,5-6,13-14H,4,7-11H2,(H,17,20)(H,18,19). The van der Waals surface area contributed by atoms with Gasteiger partial charge in [-0.2, -0.15) is 11.8 Å². The number of hydrogen-bond acceptors (Lipinski definition) is 4. The minimum atomic E-state index is -0.899. The van der Waals surface area contributed by atoms with E-state index in [1.165, 1.54) is 0 Å². The van der Waals surface area contributed by atoms with E-state index in [9.17, 15) is 9.59 Å². The number of amides is 1. The Morgan fingerprint density at radius 3 is 2.77 bits per heavy atom. The van der Waals surface area contributed by atoms with E-state index in [4.69, 9.17) is 9.84 Å². The van der Waals surface area contributed by atoms with E-state index in [-0.39, 0.29) is 25.0 Å². The van der Waals surface area contributed by atoms with Crippen LogP contribution in [-0.4, -0.2) is 34.7 Å². The maximum atomic E-state index is 11.9. The quantitative estimate of drug-likeness (QED) is 0.842. The van der Waals surface area contributed by atoms with Crippen LogP contribution >= 0.6 is 11.8 Å². The lowest BCUT2D eigenvalue weighted by molar-refractivity contribution is -0.137. The Hall–Kier alpha value is -1.69. The van der Waals surface area contributed by atoms with Gasteiger partial charge < -0.3 is 15.2 Å². The van der Waals surface area contributed by atoms with Crippen LogP contribution < -0.4 is 5.32 Å². The second kappa shape index (κ2) is 8.68. The minimum absolute atomic E-state index is 0.0638. The number of carboxylic acid groups (broad SMARTS) is 1. The fourth-order valence-corrected chi connectivity index (χ4v) is 3.76. The predicted octanol–water partition coefficient (Wildman–Crippen LogP) is 2.90. The molecule has 0 aromatic heterocycles. The molecule has 2 N–H and O–H groups in total. The molecule has 1 heterocycles. The molecule has 120 valence electrons. The summed E-state index contributed by atoms with van der Waals surface area (Å²) in [7, 11) is 0. The Balaban J connectivity index is 1.85. The van der Waals surface area contributed by atoms with E-state index in [1.54, 1.807) is 0 Å². The van der Waals surface area contributed by atoms with Crippen molar-refractivity contribution in [2.75, 3.05) is 11.5 Å². The Bertz CT molecular complexity index is 488. The number of carbonyl (C=O) groups excluding carboxylic acids is 1. The van der Waals surface area contributed by atoms with Gasteiger partial charge in [0.15, 0.2) is 0 Å². The lowest BCUT2D eigenvalue weighted by Crippen LogP contribution is -2.43. The minimum Gasteiger partial charge on any atom is -0.481 e. The molecule has 1 aromatic carbocycles. The first-order chi connectivity index (χ1) is 10.6. The Morgan fingerprint density at radius 1 is 1.36 bits per heavy atom. The molecule has 1 aromatic rings. The van der Waals surface area contributed by atoms with E-state index < -0.39 is 12.1 Å². The average Bonchev–Trinajstić information content (AvgIpc) is 2.54. The van der Waals surface area contributed by atoms with Crippen molar-refractivity contribution in [1.82, 2.24) is 5.32 Å². The molecule has 2 atom stereocenters. The van der Waals surface area contributed by atoms with E-state index >= 15 is 0 Å². The third-order valence-corrected chi connectivity index (χ3v) is 4.92. The Morgan fingerprint density at radius 2 is 2.14 bits per heavy atom. The van der Waals surface area contributed by atoms with Crippen LogP contribution in [0.4, 0.5) is 4.79 Å². The zero-order chi connectivity index (χ0) is 15.8. The normalized spacial score (nSPS) is 19.2. The molecule has 6 heteroatoms. The number of ether oxygens (including phenoxy) is 1. The van der Waals surface area contributed by atoms with Crippen molar-refractivity contribution in [3.8, 4) is 0 Å². The van der Waals surface area contributed by atoms with Gasteiger partial charge in [0.05, 0.1) is 6.42 Å². The van der Waals surface area contributed by atoms with E-state index in [2.05, 4.69) is 5.32 Å². The van der Waals surface area contributed by atoms with E-state index in [0.717, 1.165) is 29.9 Å². The summed E-state index contributed by atoms with van der Waals surface area (Å²) in [6.07, 6.45) is 1.40. The van der Waals surface area contributed by atoms with Crippen LogP contribution in [0.2, 0.25) is 0 Å². The molecule has 5 nitrogen and oxygen atoms in total. The van der Waals surface area contributed by atoms with Crippen molar-refractivity contribution in [2.45, 2.75) is 31.9 Å². The molecule has 0 aliphatic carbocycles. The average molecular weight is 323 g/mol. The van der Waals surface area contributed by atoms with Gasteiger partial charge in [-0.05, 0) is 35.8 Å². The number of thioether (sulfide) groups is 1. The molecule has 1 aliphatic rings. The molecule has 0 radical (unpaired) electrons. The highest BCUT2D eigenvalue weighted by molar-refractivity contribution is 7.99. The number of carboxylic acids is 1. The first-order valence-corrected chi connectivity index (χ1v) is 8.57. The molecular formula is C16H21NO4S. The molecule has 2 unspecified atom stereocenters. The van der Waals surface area contributed by atoms with Gasteiger partial charge in [-0.3, -0.25) is 4.79 Å². The fraction of sp³-hybridized carbons (Fsp3) is 0.500. The first-order valence-electron chi connectivity index (χ1n) is 7.42. The number of rotatable bonds is 6. The van der Waals surface area contributed by atoms with Crippen LogP contribution in [0.25, 0.3) is 0 Å². The molecular weight excluding hydrogens is 302 g/mol. The van der Waals surface area contributed by atoms with E-state index in [0.29, 0.717) is 0 Å². The molecule has 22 heavy (non-hydrogen) atoms. The summed E-state index contributed by atoms with van der Waals surface area (Å²) in [4.78, 5) is 22.9. The maximum Gasteiger partial charge on any atom is 0.407 e. The maximum absolute atomic E-state index is 11.9. The van der Waals surface area contributed by atoms with Crippen LogP contribution in [0.3, 0.4) is 0 Å². The van der Waals surface area contributed by atoms with Crippen molar-refractivity contribution in [3.05, 3.63) is 35.9 Å². The number of carbonyl (C=O) groups is 2. The van der Waals surface area contributed by atoms with Crippen LogP contribution in [0, 0.1) is 5.92 Å². The zero-order valence-electron chi connectivity index (χ0n) is 12.4. The molecule has 2 rings (SSSR count). The third-order valence-electron chi connectivity index (χ3n) is 3.68. The van der Waals surface area contributed by atoms with Gasteiger partial charge in [-0.1, -0.05) is 30.3 Å². The highest BCUT2D eigenvalue weighted by Gasteiger charge is 2.27. The smallest absolute Gasteiger partial charge is 0.407 e. The second-order valence-corrected chi connectivity index (χ2v) is 6.54. The molecule has 1 saturated heterocycles. The number of hydrogen-bond donors (Lipinski definition) is 2. The summed E-state index contributed by atoms with van der Waals surface area (Å²) in [5.41, 5.74) is 0.903. The molecule has 0 spiro atoms. The molecule has 0 bridgehead atoms. The SMILES string of the molecule is O=C(O)CC(NC(=O)OCc1ccccc1)C1CCCSC1. The van der Waals surface area contributed by atoms with Crippen molar-refractivity contribution >= 4 is 23.8 Å². The van der Waals surface area contributed by atoms with Crippen molar-refractivity contribution in [1.29, 1.82) is 0 Å². The van der Waals surface area contributed by atoms with Crippen LogP contribution in [-0.2, 0) is 16.1 Å². The summed E-state index contributed by atoms with van der Waals surface area (Å²) >= 11 is 1.81. The summed E-state index contributed by atoms with van der Waals surface area (Å²) in [5.74, 6) is 1.29. The summed E-state index contributed by atoms with van der Waals surface area (Å²) in [6, 6.07) is 9.03. The summed E-state index contributed by atoms with van der Waals surface area (Å²) in [5, 5.41) is 11.8. The molecule has 1 aliphatic heterocycles. The van der Waals surface area contributed by atoms with Crippen molar-refractivity contribution < 1.29 is 19.4 Å². The monoisotopic (exact) mass is 323 g/mol. The second-order valence-electron chi connectivity index (χ2n) is 5.39. The molecule has 1 amide bonds. The van der Waals surface area contributed by atoms with Gasteiger partial charge in [0, 0.05) is 6.04 Å². The predicted molar refractivity (Wildman–Crippen MR) is 85.9 cm³/mol. The highest BCUT2D eigenvalue weighted by Crippen LogP contribution is 2.26. The van der Waals surface area contributed by atoms with Crippen LogP contribution in [0.5, 0.6) is 0 Å². The largest absolute Gasteiger partial charge is 0.481 e. The number of benzene rings is 1. The zero-order valence-corrected chi connectivity index (χ0v) is 13.2. The Labute approximate surface area is 134 Å². The lowest BCUT2D eigenvalue weighted by atomic mass is 9.94. The van der Waals surface area contributed by atoms with Gasteiger partial charge in [-0.15, -0.1) is 0 Å². The molecule has 0 saturated carbocycles. The van der Waals surface area contributed by atoms with Crippen molar-refractivity contribution in [2.24, 2.45) is 5.92 Å². The first kappa shape index (κ1) is 16.7.